The molecule has 0 aliphatic heterocycles. The number of para-hydroxylation sites is 1. The summed E-state index contributed by atoms with van der Waals surface area (Å²) in [5, 5.41) is 3.87. The Morgan fingerprint density at radius 3 is 2.54 bits per heavy atom. The number of carbonyl (C=O) groups is 1. The van der Waals surface area contributed by atoms with Crippen molar-refractivity contribution in [1.82, 2.24) is 9.97 Å². The predicted octanol–water partition coefficient (Wildman–Crippen LogP) is 2.59. The Labute approximate surface area is 139 Å². The molecule has 0 spiro atoms. The highest BCUT2D eigenvalue weighted by molar-refractivity contribution is 5.93. The quantitative estimate of drug-likeness (QED) is 0.709. The molecular weight excluding hydrogens is 300 g/mol. The minimum absolute atomic E-state index is 0.173. The standard InChI is InChI=1S/C19H16N4O/c1-2-8-16(18(20)24)22-19-21-15-12-7-6-11-14(15)17(23-19)13-9-4-3-5-10-13/h1,3-7,9-12,16H,8H2,(H2,20,24)(H,21,22,23). The molecule has 0 saturated carbocycles. The number of terminal acetylenes is 1. The number of nitrogens with two attached hydrogens (primary N) is 1. The fourth-order valence-electron chi connectivity index (χ4n) is 2.45. The van der Waals surface area contributed by atoms with E-state index in [-0.39, 0.29) is 6.42 Å². The number of fused-ring (bicyclic) bond motifs is 1. The van der Waals surface area contributed by atoms with Crippen LogP contribution in [0.3, 0.4) is 0 Å². The first-order valence-corrected chi connectivity index (χ1v) is 7.50. The zero-order valence-corrected chi connectivity index (χ0v) is 12.9. The second-order valence-electron chi connectivity index (χ2n) is 5.29. The Hall–Kier alpha value is -3.39. The fraction of sp³-hybridized carbons (Fsp3) is 0.105. The molecule has 0 radical (unpaired) electrons. The molecule has 1 unspecified atom stereocenters. The third-order valence-corrected chi connectivity index (χ3v) is 3.62. The molecule has 0 saturated heterocycles. The molecule has 3 rings (SSSR count). The maximum Gasteiger partial charge on any atom is 0.241 e. The number of primary amides is 1. The number of nitrogens with zero attached hydrogens (tertiary/aromatic N) is 2. The van der Waals surface area contributed by atoms with E-state index in [0.717, 1.165) is 22.2 Å². The zero-order valence-electron chi connectivity index (χ0n) is 12.9. The van der Waals surface area contributed by atoms with Gasteiger partial charge in [-0.3, -0.25) is 4.79 Å². The van der Waals surface area contributed by atoms with Crippen LogP contribution in [0, 0.1) is 12.3 Å². The summed E-state index contributed by atoms with van der Waals surface area (Å²) in [5.41, 5.74) is 7.91. The summed E-state index contributed by atoms with van der Waals surface area (Å²) in [4.78, 5) is 20.6. The molecule has 3 aromatic rings. The van der Waals surface area contributed by atoms with Gasteiger partial charge in [0.05, 0.1) is 11.2 Å². The monoisotopic (exact) mass is 316 g/mol. The topological polar surface area (TPSA) is 80.9 Å². The molecule has 1 heterocycles. The van der Waals surface area contributed by atoms with Crippen LogP contribution < -0.4 is 11.1 Å². The number of hydrogen-bond acceptors (Lipinski definition) is 4. The van der Waals surface area contributed by atoms with Crippen LogP contribution in [0.4, 0.5) is 5.95 Å². The summed E-state index contributed by atoms with van der Waals surface area (Å²) >= 11 is 0. The van der Waals surface area contributed by atoms with Gasteiger partial charge in [-0.15, -0.1) is 12.3 Å². The van der Waals surface area contributed by atoms with Gasteiger partial charge in [0.15, 0.2) is 0 Å². The molecule has 0 bridgehead atoms. The zero-order chi connectivity index (χ0) is 16.9. The van der Waals surface area contributed by atoms with E-state index in [0.29, 0.717) is 5.95 Å². The van der Waals surface area contributed by atoms with E-state index in [4.69, 9.17) is 12.2 Å². The van der Waals surface area contributed by atoms with Gasteiger partial charge in [0.25, 0.3) is 0 Å². The molecule has 24 heavy (non-hydrogen) atoms. The number of amides is 1. The van der Waals surface area contributed by atoms with Crippen LogP contribution in [0.15, 0.2) is 54.6 Å². The van der Waals surface area contributed by atoms with E-state index in [2.05, 4.69) is 21.2 Å². The number of benzene rings is 2. The molecule has 0 aliphatic carbocycles. The lowest BCUT2D eigenvalue weighted by Gasteiger charge is -2.14. The minimum Gasteiger partial charge on any atom is -0.368 e. The summed E-state index contributed by atoms with van der Waals surface area (Å²) in [7, 11) is 0. The molecule has 1 amide bonds. The smallest absolute Gasteiger partial charge is 0.241 e. The summed E-state index contributed by atoms with van der Waals surface area (Å²) in [6, 6.07) is 16.8. The Morgan fingerprint density at radius 1 is 1.12 bits per heavy atom. The first-order chi connectivity index (χ1) is 11.7. The van der Waals surface area contributed by atoms with Gasteiger partial charge in [-0.05, 0) is 6.07 Å². The van der Waals surface area contributed by atoms with Crippen molar-refractivity contribution in [1.29, 1.82) is 0 Å². The minimum atomic E-state index is -0.709. The van der Waals surface area contributed by atoms with Gasteiger partial charge in [0.1, 0.15) is 6.04 Å². The molecule has 5 nitrogen and oxygen atoms in total. The van der Waals surface area contributed by atoms with E-state index in [9.17, 15) is 4.79 Å². The van der Waals surface area contributed by atoms with E-state index < -0.39 is 11.9 Å². The summed E-state index contributed by atoms with van der Waals surface area (Å²) in [6.07, 6.45) is 5.47. The van der Waals surface area contributed by atoms with E-state index in [1.54, 1.807) is 0 Å². The van der Waals surface area contributed by atoms with Gasteiger partial charge >= 0.3 is 0 Å². The number of nitrogens with one attached hydrogen (secondary N) is 1. The van der Waals surface area contributed by atoms with Crippen LogP contribution >= 0.6 is 0 Å². The Bertz CT molecular complexity index is 916. The molecule has 1 aromatic heterocycles. The second-order valence-corrected chi connectivity index (χ2v) is 5.29. The number of anilines is 1. The lowest BCUT2D eigenvalue weighted by atomic mass is 10.1. The largest absolute Gasteiger partial charge is 0.368 e. The summed E-state index contributed by atoms with van der Waals surface area (Å²) in [6.45, 7) is 0. The molecular formula is C19H16N4O. The van der Waals surface area contributed by atoms with Crippen molar-refractivity contribution in [2.75, 3.05) is 5.32 Å². The third kappa shape index (κ3) is 3.18. The van der Waals surface area contributed by atoms with Crippen LogP contribution in [0.25, 0.3) is 22.2 Å². The van der Waals surface area contributed by atoms with Crippen molar-refractivity contribution in [3.05, 3.63) is 54.6 Å². The van der Waals surface area contributed by atoms with E-state index in [1.165, 1.54) is 0 Å². The Morgan fingerprint density at radius 2 is 1.83 bits per heavy atom. The molecule has 2 aromatic carbocycles. The molecule has 3 N–H and O–H groups in total. The highest BCUT2D eigenvalue weighted by Gasteiger charge is 2.17. The average Bonchev–Trinajstić information content (AvgIpc) is 2.61. The maximum absolute atomic E-state index is 11.5. The van der Waals surface area contributed by atoms with Crippen molar-refractivity contribution in [2.45, 2.75) is 12.5 Å². The Balaban J connectivity index is 2.10. The van der Waals surface area contributed by atoms with Crippen molar-refractivity contribution in [2.24, 2.45) is 5.73 Å². The normalized spacial score (nSPS) is 11.6. The fourth-order valence-corrected chi connectivity index (χ4v) is 2.45. The molecule has 0 fully saturated rings. The van der Waals surface area contributed by atoms with Gasteiger partial charge in [-0.1, -0.05) is 48.5 Å². The molecule has 0 aliphatic rings. The van der Waals surface area contributed by atoms with Crippen molar-refractivity contribution >= 4 is 22.8 Å². The first kappa shape index (κ1) is 15.5. The lowest BCUT2D eigenvalue weighted by molar-refractivity contribution is -0.118. The van der Waals surface area contributed by atoms with Crippen molar-refractivity contribution in [3.63, 3.8) is 0 Å². The second kappa shape index (κ2) is 6.80. The first-order valence-electron chi connectivity index (χ1n) is 7.50. The van der Waals surface area contributed by atoms with Gasteiger partial charge in [0, 0.05) is 17.4 Å². The average molecular weight is 316 g/mol. The van der Waals surface area contributed by atoms with E-state index >= 15 is 0 Å². The molecule has 5 heteroatoms. The molecule has 118 valence electrons. The van der Waals surface area contributed by atoms with Crippen LogP contribution in [-0.2, 0) is 4.79 Å². The van der Waals surface area contributed by atoms with Crippen LogP contribution in [0.2, 0.25) is 0 Å². The predicted molar refractivity (Wildman–Crippen MR) is 95.0 cm³/mol. The lowest BCUT2D eigenvalue weighted by Crippen LogP contribution is -2.35. The highest BCUT2D eigenvalue weighted by Crippen LogP contribution is 2.27. The SMILES string of the molecule is C#CCC(Nc1nc(-c2ccccc2)c2ccccc2n1)C(N)=O. The molecule has 1 atom stereocenters. The van der Waals surface area contributed by atoms with Gasteiger partial charge in [-0.2, -0.15) is 0 Å². The van der Waals surface area contributed by atoms with Crippen LogP contribution in [0.1, 0.15) is 6.42 Å². The van der Waals surface area contributed by atoms with Crippen LogP contribution in [-0.4, -0.2) is 21.9 Å². The summed E-state index contributed by atoms with van der Waals surface area (Å²) in [5.74, 6) is 2.22. The number of rotatable bonds is 5. The van der Waals surface area contributed by atoms with Gasteiger partial charge in [0.2, 0.25) is 11.9 Å². The third-order valence-electron chi connectivity index (χ3n) is 3.62. The van der Waals surface area contributed by atoms with E-state index in [1.807, 2.05) is 54.6 Å². The Kier molecular flexibility index (Phi) is 4.39. The van der Waals surface area contributed by atoms with Gasteiger partial charge < -0.3 is 11.1 Å². The van der Waals surface area contributed by atoms with Crippen molar-refractivity contribution < 1.29 is 4.79 Å². The van der Waals surface area contributed by atoms with Gasteiger partial charge in [-0.25, -0.2) is 9.97 Å². The summed E-state index contributed by atoms with van der Waals surface area (Å²) < 4.78 is 0. The number of aromatic nitrogens is 2. The maximum atomic E-state index is 11.5. The number of hydrogen-bond donors (Lipinski definition) is 2. The van der Waals surface area contributed by atoms with Crippen molar-refractivity contribution in [3.8, 4) is 23.6 Å². The number of carbonyl (C=O) groups excluding carboxylic acids is 1. The van der Waals surface area contributed by atoms with Crippen LogP contribution in [0.5, 0.6) is 0 Å². The highest BCUT2D eigenvalue weighted by atomic mass is 16.1.